The molecule has 0 aliphatic rings. The first kappa shape index (κ1) is 26.4. The van der Waals surface area contributed by atoms with E-state index in [1.165, 1.54) is 22.3 Å². The molecule has 0 saturated heterocycles. The highest BCUT2D eigenvalue weighted by molar-refractivity contribution is 6.31. The van der Waals surface area contributed by atoms with E-state index in [9.17, 15) is 0 Å². The molecule has 0 aliphatic heterocycles. The third-order valence-corrected chi connectivity index (χ3v) is 6.43. The van der Waals surface area contributed by atoms with Crippen molar-refractivity contribution in [3.05, 3.63) is 87.7 Å². The molecule has 0 unspecified atom stereocenters. The van der Waals surface area contributed by atoms with Gasteiger partial charge in [0.25, 0.3) is 0 Å². The quantitative estimate of drug-likeness (QED) is 0.133. The van der Waals surface area contributed by atoms with Crippen LogP contribution in [-0.4, -0.2) is 19.6 Å². The average molecular weight is 476 g/mol. The molecule has 0 aromatic heterocycles. The van der Waals surface area contributed by atoms with E-state index < -0.39 is 0 Å². The van der Waals surface area contributed by atoms with Crippen LogP contribution in [0.1, 0.15) is 62.8 Å². The zero-order valence-electron chi connectivity index (χ0n) is 20.1. The number of ether oxygens (including phenoxy) is 2. The molecule has 0 N–H and O–H groups in total. The zero-order chi connectivity index (χ0) is 23.7. The third-order valence-electron chi connectivity index (χ3n) is 5.83. The van der Waals surface area contributed by atoms with Crippen LogP contribution in [0.4, 0.5) is 0 Å². The first-order valence-electron chi connectivity index (χ1n) is 11.2. The summed E-state index contributed by atoms with van der Waals surface area (Å²) in [4.78, 5) is 0. The van der Waals surface area contributed by atoms with Crippen LogP contribution >= 0.6 is 23.2 Å². The Morgan fingerprint density at radius 1 is 1.09 bits per heavy atom. The van der Waals surface area contributed by atoms with Crippen molar-refractivity contribution in [2.75, 3.05) is 19.6 Å². The van der Waals surface area contributed by atoms with E-state index in [0.717, 1.165) is 47.8 Å². The summed E-state index contributed by atoms with van der Waals surface area (Å²) in [5.74, 6) is 2.24. The maximum absolute atomic E-state index is 6.76. The predicted octanol–water partition coefficient (Wildman–Crippen LogP) is 8.28. The lowest BCUT2D eigenvalue weighted by atomic mass is 9.77. The molecule has 32 heavy (non-hydrogen) atoms. The van der Waals surface area contributed by atoms with Gasteiger partial charge in [0, 0.05) is 16.3 Å². The summed E-state index contributed by atoms with van der Waals surface area (Å²) >= 11 is 12.6. The Morgan fingerprint density at radius 3 is 2.34 bits per heavy atom. The summed E-state index contributed by atoms with van der Waals surface area (Å²) in [5.41, 5.74) is 5.77. The summed E-state index contributed by atoms with van der Waals surface area (Å²) in [5, 5.41) is 0.860. The predicted molar refractivity (Wildman–Crippen MR) is 138 cm³/mol. The van der Waals surface area contributed by atoms with Crippen molar-refractivity contribution in [2.45, 2.75) is 58.8 Å². The van der Waals surface area contributed by atoms with E-state index in [-0.39, 0.29) is 5.41 Å². The van der Waals surface area contributed by atoms with Crippen molar-refractivity contribution in [1.29, 1.82) is 0 Å². The second-order valence-corrected chi connectivity index (χ2v) is 9.48. The van der Waals surface area contributed by atoms with Gasteiger partial charge in [-0.3, -0.25) is 0 Å². The molecule has 0 fully saturated rings. The van der Waals surface area contributed by atoms with E-state index in [2.05, 4.69) is 51.6 Å². The van der Waals surface area contributed by atoms with Crippen LogP contribution in [0, 0.1) is 0 Å². The topological polar surface area (TPSA) is 18.5 Å². The van der Waals surface area contributed by atoms with Gasteiger partial charge in [-0.15, -0.1) is 11.6 Å². The number of methoxy groups -OCH3 is 1. The molecule has 2 nitrogen and oxygen atoms in total. The molecule has 0 aliphatic carbocycles. The summed E-state index contributed by atoms with van der Waals surface area (Å²) < 4.78 is 11.2. The van der Waals surface area contributed by atoms with Crippen LogP contribution in [0.5, 0.6) is 5.75 Å². The van der Waals surface area contributed by atoms with Crippen molar-refractivity contribution >= 4 is 23.2 Å². The summed E-state index contributed by atoms with van der Waals surface area (Å²) in [7, 11) is 1.64. The molecule has 0 atom stereocenters. The number of hydrogen-bond acceptors (Lipinski definition) is 2. The number of halogens is 2. The number of aryl methyl sites for hydroxylation is 1. The zero-order valence-corrected chi connectivity index (χ0v) is 21.6. The molecular weight excluding hydrogens is 439 g/mol. The maximum atomic E-state index is 6.76. The average Bonchev–Trinajstić information content (AvgIpc) is 2.77. The van der Waals surface area contributed by atoms with Crippen LogP contribution in [0.25, 0.3) is 0 Å². The van der Waals surface area contributed by atoms with Crippen molar-refractivity contribution in [1.82, 2.24) is 0 Å². The number of hydrogen-bond donors (Lipinski definition) is 0. The Hall–Kier alpha value is -1.90. The van der Waals surface area contributed by atoms with Crippen molar-refractivity contribution in [3.63, 3.8) is 0 Å². The second kappa shape index (κ2) is 12.4. The van der Waals surface area contributed by atoms with Crippen LogP contribution in [-0.2, 0) is 23.0 Å². The van der Waals surface area contributed by atoms with Gasteiger partial charge in [0.05, 0.1) is 7.11 Å². The Morgan fingerprint density at radius 2 is 1.78 bits per heavy atom. The molecule has 2 rings (SSSR count). The molecular formula is C28H36Cl2O2. The van der Waals surface area contributed by atoms with Gasteiger partial charge < -0.3 is 9.47 Å². The van der Waals surface area contributed by atoms with E-state index in [1.54, 1.807) is 7.11 Å². The second-order valence-electron chi connectivity index (χ2n) is 8.69. The minimum atomic E-state index is -0.182. The van der Waals surface area contributed by atoms with Crippen molar-refractivity contribution in [2.24, 2.45) is 0 Å². The number of rotatable bonds is 12. The van der Waals surface area contributed by atoms with Gasteiger partial charge in [-0.25, -0.2) is 0 Å². The summed E-state index contributed by atoms with van der Waals surface area (Å²) in [6, 6.07) is 12.7. The fourth-order valence-corrected chi connectivity index (χ4v) is 4.29. The van der Waals surface area contributed by atoms with E-state index in [0.29, 0.717) is 12.5 Å². The number of unbranched alkanes of at least 4 members (excludes halogenated alkanes) is 1. The maximum Gasteiger partial charge on any atom is 0.145 e. The van der Waals surface area contributed by atoms with Gasteiger partial charge in [0.15, 0.2) is 0 Å². The minimum Gasteiger partial charge on any atom is -0.497 e. The summed E-state index contributed by atoms with van der Waals surface area (Å²) in [6.07, 6.45) is 5.90. The fraction of sp³-hybridized carbons (Fsp3) is 0.429. The molecule has 174 valence electrons. The molecule has 0 spiro atoms. The molecule has 0 saturated carbocycles. The minimum absolute atomic E-state index is 0.182. The van der Waals surface area contributed by atoms with E-state index in [4.69, 9.17) is 32.7 Å². The van der Waals surface area contributed by atoms with Crippen LogP contribution in [0.15, 0.2) is 60.4 Å². The van der Waals surface area contributed by atoms with Gasteiger partial charge in [0.2, 0.25) is 0 Å². The molecule has 0 heterocycles. The van der Waals surface area contributed by atoms with Crippen molar-refractivity contribution < 1.29 is 9.47 Å². The smallest absolute Gasteiger partial charge is 0.145 e. The van der Waals surface area contributed by atoms with E-state index >= 15 is 0 Å². The Kier molecular flexibility index (Phi) is 10.2. The highest BCUT2D eigenvalue weighted by Crippen LogP contribution is 2.36. The standard InChI is InChI=1S/C28H36Cl2O2/c1-7-21-17-23(18-27(30)26(21)10-8-9-15-29)28(4,5)22-11-13-24(14-12-22)32-19-25(31-6)16-20(2)3/h11-14,16-18H,2,7-10,15,19H2,1,3-6H3/b25-16-. The molecule has 0 bridgehead atoms. The molecule has 2 aromatic rings. The summed E-state index contributed by atoms with van der Waals surface area (Å²) in [6.45, 7) is 12.8. The lowest BCUT2D eigenvalue weighted by Gasteiger charge is -2.28. The van der Waals surface area contributed by atoms with Gasteiger partial charge in [-0.1, -0.05) is 62.7 Å². The Bertz CT molecular complexity index is 927. The molecule has 2 aromatic carbocycles. The van der Waals surface area contributed by atoms with E-state index in [1.807, 2.05) is 25.1 Å². The number of benzene rings is 2. The number of alkyl halides is 1. The molecule has 0 radical (unpaired) electrons. The van der Waals surface area contributed by atoms with Crippen LogP contribution < -0.4 is 4.74 Å². The molecule has 0 amide bonds. The van der Waals surface area contributed by atoms with Gasteiger partial charge in [-0.2, -0.15) is 0 Å². The van der Waals surface area contributed by atoms with Crippen LogP contribution in [0.3, 0.4) is 0 Å². The third kappa shape index (κ3) is 7.05. The highest BCUT2D eigenvalue weighted by Gasteiger charge is 2.25. The first-order valence-corrected chi connectivity index (χ1v) is 12.1. The monoisotopic (exact) mass is 474 g/mol. The fourth-order valence-electron chi connectivity index (χ4n) is 3.77. The molecule has 4 heteroatoms. The highest BCUT2D eigenvalue weighted by atomic mass is 35.5. The lowest BCUT2D eigenvalue weighted by molar-refractivity contribution is 0.219. The normalized spacial score (nSPS) is 12.0. The largest absolute Gasteiger partial charge is 0.497 e. The van der Waals surface area contributed by atoms with Gasteiger partial charge in [0.1, 0.15) is 18.1 Å². The first-order chi connectivity index (χ1) is 15.2. The number of allylic oxidation sites excluding steroid dienone is 2. The van der Waals surface area contributed by atoms with Crippen molar-refractivity contribution in [3.8, 4) is 5.75 Å². The van der Waals surface area contributed by atoms with Gasteiger partial charge >= 0.3 is 0 Å². The lowest BCUT2D eigenvalue weighted by Crippen LogP contribution is -2.19. The Labute approximate surface area is 204 Å². The van der Waals surface area contributed by atoms with Gasteiger partial charge in [-0.05, 0) is 79.1 Å². The van der Waals surface area contributed by atoms with Crippen LogP contribution in [0.2, 0.25) is 5.02 Å². The Balaban J connectivity index is 2.22. The SMILES string of the molecule is C=C(C)/C=C(/COc1ccc(C(C)(C)c2cc(Cl)c(CCCCCl)c(CC)c2)cc1)OC.